The molecule has 1 saturated carbocycles. The fourth-order valence-electron chi connectivity index (χ4n) is 6.47. The molecule has 1 N–H and O–H groups in total. The van der Waals surface area contributed by atoms with E-state index >= 15 is 0 Å². The summed E-state index contributed by atoms with van der Waals surface area (Å²) in [5.41, 5.74) is 0.392. The van der Waals surface area contributed by atoms with Crippen LogP contribution in [0.5, 0.6) is 0 Å². The molecular formula is C29H32F2N10O3S2. The fraction of sp³-hybridized carbons (Fsp3) is 0.517. The number of nitriles is 1. The molecule has 3 fully saturated rings. The van der Waals surface area contributed by atoms with Crippen LogP contribution in [0.1, 0.15) is 55.1 Å². The van der Waals surface area contributed by atoms with Gasteiger partial charge < -0.3 is 14.7 Å². The third kappa shape index (κ3) is 5.36. The van der Waals surface area contributed by atoms with Gasteiger partial charge in [-0.1, -0.05) is 17.4 Å². The SMILES string of the molecule is CN(C)[C@H]1CCN(C(=O)N2CCC(c3ncnc4c3c3ccc(S(=O)(=O)NC5(C#N)CC5)cc3n4-c3nnc(C(F)F)s3)CC2)C1. The molecule has 1 atom stereocenters. The number of alkyl halides is 2. The predicted octanol–water partition coefficient (Wildman–Crippen LogP) is 3.63. The third-order valence-electron chi connectivity index (χ3n) is 9.28. The lowest BCUT2D eigenvalue weighted by atomic mass is 9.91. The number of hydrogen-bond donors (Lipinski definition) is 1. The maximum absolute atomic E-state index is 13.5. The third-order valence-corrected chi connectivity index (χ3v) is 11.7. The molecule has 17 heteroatoms. The number of amides is 2. The van der Waals surface area contributed by atoms with Crippen molar-refractivity contribution in [2.24, 2.45) is 0 Å². The lowest BCUT2D eigenvalue weighted by Gasteiger charge is -2.34. The van der Waals surface area contributed by atoms with Gasteiger partial charge in [0.1, 0.15) is 11.9 Å². The highest BCUT2D eigenvalue weighted by Crippen LogP contribution is 2.41. The first-order chi connectivity index (χ1) is 22.0. The van der Waals surface area contributed by atoms with Gasteiger partial charge in [0.25, 0.3) is 6.43 Å². The lowest BCUT2D eigenvalue weighted by molar-refractivity contribution is 0.145. The van der Waals surface area contributed by atoms with Gasteiger partial charge in [-0.25, -0.2) is 32.0 Å². The van der Waals surface area contributed by atoms with E-state index in [0.29, 0.717) is 84.6 Å². The Morgan fingerprint density at radius 3 is 2.50 bits per heavy atom. The first kappa shape index (κ1) is 30.8. The number of aromatic nitrogens is 5. The van der Waals surface area contributed by atoms with Gasteiger partial charge in [-0.15, -0.1) is 10.2 Å². The van der Waals surface area contributed by atoms with E-state index in [1.165, 1.54) is 18.5 Å². The number of nitrogens with zero attached hydrogens (tertiary/aromatic N) is 9. The second-order valence-electron chi connectivity index (χ2n) is 12.4. The van der Waals surface area contributed by atoms with Gasteiger partial charge in [-0.2, -0.15) is 9.98 Å². The van der Waals surface area contributed by atoms with E-state index in [2.05, 4.69) is 29.8 Å². The van der Waals surface area contributed by atoms with Crippen LogP contribution in [-0.2, 0) is 10.0 Å². The number of carbonyl (C=O) groups excluding carboxylic acids is 1. The molecule has 46 heavy (non-hydrogen) atoms. The van der Waals surface area contributed by atoms with Crippen molar-refractivity contribution in [3.8, 4) is 11.2 Å². The van der Waals surface area contributed by atoms with E-state index in [0.717, 1.165) is 18.7 Å². The number of likely N-dealkylation sites (N-methyl/N-ethyl adjacent to an activating group) is 1. The van der Waals surface area contributed by atoms with Gasteiger partial charge in [0, 0.05) is 48.9 Å². The molecule has 1 aromatic carbocycles. The van der Waals surface area contributed by atoms with Crippen LogP contribution in [-0.4, -0.2) is 106 Å². The molecule has 3 aliphatic rings. The highest BCUT2D eigenvalue weighted by molar-refractivity contribution is 7.89. The van der Waals surface area contributed by atoms with Crippen molar-refractivity contribution in [2.45, 2.75) is 60.9 Å². The second-order valence-corrected chi connectivity index (χ2v) is 15.1. The summed E-state index contributed by atoms with van der Waals surface area (Å²) in [5.74, 6) is -0.0248. The van der Waals surface area contributed by atoms with E-state index in [-0.39, 0.29) is 22.0 Å². The van der Waals surface area contributed by atoms with E-state index in [1.54, 1.807) is 10.6 Å². The number of hydrogen-bond acceptors (Lipinski definition) is 10. The Kier molecular flexibility index (Phi) is 7.66. The zero-order chi connectivity index (χ0) is 32.4. The quantitative estimate of drug-likeness (QED) is 0.311. The average Bonchev–Trinajstić information content (AvgIpc) is 3.40. The van der Waals surface area contributed by atoms with Crippen LogP contribution in [0.4, 0.5) is 13.6 Å². The molecule has 7 rings (SSSR count). The van der Waals surface area contributed by atoms with Crippen LogP contribution >= 0.6 is 11.3 Å². The van der Waals surface area contributed by atoms with E-state index in [4.69, 9.17) is 0 Å². The summed E-state index contributed by atoms with van der Waals surface area (Å²) in [7, 11) is -0.0251. The summed E-state index contributed by atoms with van der Waals surface area (Å²) in [6, 6.07) is 6.99. The van der Waals surface area contributed by atoms with Gasteiger partial charge in [0.05, 0.1) is 22.2 Å². The minimum absolute atomic E-state index is 0.0248. The Labute approximate surface area is 267 Å². The highest BCUT2D eigenvalue weighted by Gasteiger charge is 2.47. The van der Waals surface area contributed by atoms with Gasteiger partial charge in [0.15, 0.2) is 10.7 Å². The van der Waals surface area contributed by atoms with Crippen LogP contribution in [0.25, 0.3) is 27.1 Å². The molecule has 0 spiro atoms. The fourth-order valence-corrected chi connectivity index (χ4v) is 8.59. The monoisotopic (exact) mass is 670 g/mol. The Hall–Kier alpha value is -3.85. The largest absolute Gasteiger partial charge is 0.325 e. The van der Waals surface area contributed by atoms with E-state index in [9.17, 15) is 27.3 Å². The van der Waals surface area contributed by atoms with Crippen molar-refractivity contribution >= 4 is 49.3 Å². The summed E-state index contributed by atoms with van der Waals surface area (Å²) in [6.45, 7) is 2.55. The number of carbonyl (C=O) groups is 1. The summed E-state index contributed by atoms with van der Waals surface area (Å²) in [5, 5.41) is 18.1. The van der Waals surface area contributed by atoms with Gasteiger partial charge in [-0.3, -0.25) is 4.57 Å². The number of sulfonamides is 1. The van der Waals surface area contributed by atoms with Crippen molar-refractivity contribution in [3.05, 3.63) is 35.2 Å². The van der Waals surface area contributed by atoms with Crippen molar-refractivity contribution in [2.75, 3.05) is 40.3 Å². The molecule has 13 nitrogen and oxygen atoms in total. The number of piperidine rings is 1. The van der Waals surface area contributed by atoms with Crippen LogP contribution < -0.4 is 4.72 Å². The van der Waals surface area contributed by atoms with Crippen LogP contribution in [0.2, 0.25) is 0 Å². The maximum Gasteiger partial charge on any atom is 0.320 e. The standard InChI is InChI=1S/C29H32F2N10O3S2/c1-38(2)18-7-12-40(14-18)28(42)39-10-5-17(6-11-39)23-22-20-4-3-19(46(43,44)37-29(15-32)8-9-29)13-21(20)41(25(22)34-16-33-23)27-36-35-26(45-27)24(30)31/h3-4,13,16-18,24,37H,5-12,14H2,1-2H3/t18-/m0/s1. The number of halogens is 2. The summed E-state index contributed by atoms with van der Waals surface area (Å²) in [6.07, 6.45) is 1.70. The average molecular weight is 671 g/mol. The molecule has 2 aliphatic heterocycles. The van der Waals surface area contributed by atoms with Crippen LogP contribution in [0.3, 0.4) is 0 Å². The Balaban J connectivity index is 1.25. The van der Waals surface area contributed by atoms with E-state index < -0.39 is 27.0 Å². The molecule has 5 heterocycles. The molecular weight excluding hydrogens is 639 g/mol. The number of nitrogens with one attached hydrogen (secondary N) is 1. The molecule has 1 aliphatic carbocycles. The normalized spacial score (nSPS) is 20.3. The minimum Gasteiger partial charge on any atom is -0.325 e. The first-order valence-electron chi connectivity index (χ1n) is 15.1. The molecule has 2 amide bonds. The molecule has 0 bridgehead atoms. The number of benzene rings is 1. The van der Waals surface area contributed by atoms with Crippen molar-refractivity contribution in [1.82, 2.24) is 44.2 Å². The topological polar surface area (TPSA) is 153 Å². The van der Waals surface area contributed by atoms with Crippen LogP contribution in [0, 0.1) is 11.3 Å². The zero-order valence-electron chi connectivity index (χ0n) is 25.2. The molecule has 3 aromatic heterocycles. The highest BCUT2D eigenvalue weighted by atomic mass is 32.2. The zero-order valence-corrected chi connectivity index (χ0v) is 26.9. The van der Waals surface area contributed by atoms with Crippen molar-refractivity contribution < 1.29 is 22.0 Å². The summed E-state index contributed by atoms with van der Waals surface area (Å²) >= 11 is 0.695. The molecule has 242 valence electrons. The van der Waals surface area contributed by atoms with Gasteiger partial charge in [-0.05, 0) is 58.3 Å². The maximum atomic E-state index is 13.5. The van der Waals surface area contributed by atoms with Crippen molar-refractivity contribution in [1.29, 1.82) is 5.26 Å². The summed E-state index contributed by atoms with van der Waals surface area (Å²) in [4.78, 5) is 28.4. The Morgan fingerprint density at radius 2 is 1.87 bits per heavy atom. The van der Waals surface area contributed by atoms with Gasteiger partial charge in [0.2, 0.25) is 15.2 Å². The van der Waals surface area contributed by atoms with Crippen LogP contribution in [0.15, 0.2) is 29.4 Å². The van der Waals surface area contributed by atoms with E-state index in [1.807, 2.05) is 30.0 Å². The predicted molar refractivity (Wildman–Crippen MR) is 165 cm³/mol. The Morgan fingerprint density at radius 1 is 1.13 bits per heavy atom. The minimum atomic E-state index is -4.08. The van der Waals surface area contributed by atoms with Crippen molar-refractivity contribution in [3.63, 3.8) is 0 Å². The lowest BCUT2D eigenvalue weighted by Crippen LogP contribution is -2.46. The Bertz CT molecular complexity index is 1980. The number of likely N-dealkylation sites (tertiary alicyclic amines) is 2. The molecule has 4 aromatic rings. The second kappa shape index (κ2) is 11.4. The molecule has 0 unspecified atom stereocenters. The first-order valence-corrected chi connectivity index (χ1v) is 17.4. The summed E-state index contributed by atoms with van der Waals surface area (Å²) < 4.78 is 57.8. The van der Waals surface area contributed by atoms with Gasteiger partial charge >= 0.3 is 6.03 Å². The number of rotatable bonds is 7. The smallest absolute Gasteiger partial charge is 0.320 e. The number of urea groups is 1. The number of fused-ring (bicyclic) bond motifs is 3. The molecule has 2 saturated heterocycles. The molecule has 0 radical (unpaired) electrons.